The highest BCUT2D eigenvalue weighted by molar-refractivity contribution is 4.86. The lowest BCUT2D eigenvalue weighted by Gasteiger charge is -2.28. The molecule has 58 valence electrons. The second-order valence-corrected chi connectivity index (χ2v) is 4.26. The van der Waals surface area contributed by atoms with Crippen LogP contribution in [0.5, 0.6) is 0 Å². The Bertz CT molecular complexity index is 113. The molecule has 0 aliphatic heterocycles. The molecule has 0 spiro atoms. The first-order valence-corrected chi connectivity index (χ1v) is 4.88. The first kappa shape index (κ1) is 6.69. The number of rotatable bonds is 1. The molecule has 0 saturated heterocycles. The van der Waals surface area contributed by atoms with Crippen molar-refractivity contribution in [2.24, 2.45) is 17.8 Å². The van der Waals surface area contributed by atoms with E-state index in [9.17, 15) is 0 Å². The highest BCUT2D eigenvalue weighted by Crippen LogP contribution is 2.46. The molecule has 0 heterocycles. The van der Waals surface area contributed by atoms with Gasteiger partial charge in [-0.25, -0.2) is 0 Å². The van der Waals surface area contributed by atoms with Gasteiger partial charge in [0.15, 0.2) is 0 Å². The van der Waals surface area contributed by atoms with Crippen LogP contribution >= 0.6 is 0 Å². The molecular formula is C10H18. The number of hydrogen-bond acceptors (Lipinski definition) is 0. The van der Waals surface area contributed by atoms with Crippen LogP contribution in [-0.4, -0.2) is 0 Å². The van der Waals surface area contributed by atoms with E-state index in [0.717, 1.165) is 17.8 Å². The van der Waals surface area contributed by atoms with Crippen molar-refractivity contribution in [1.29, 1.82) is 0 Å². The van der Waals surface area contributed by atoms with Gasteiger partial charge in [-0.05, 0) is 37.0 Å². The van der Waals surface area contributed by atoms with Crippen LogP contribution in [0.4, 0.5) is 0 Å². The smallest absolute Gasteiger partial charge is 0.0360 e. The van der Waals surface area contributed by atoms with Crippen LogP contribution in [0.3, 0.4) is 0 Å². The third-order valence-corrected chi connectivity index (χ3v) is 3.41. The molecule has 10 heavy (non-hydrogen) atoms. The van der Waals surface area contributed by atoms with E-state index in [-0.39, 0.29) is 0 Å². The fraction of sp³-hybridized carbons (Fsp3) is 1.00. The van der Waals surface area contributed by atoms with Crippen molar-refractivity contribution in [3.8, 4) is 0 Å². The molecule has 1 unspecified atom stereocenters. The third-order valence-electron chi connectivity index (χ3n) is 3.41. The average Bonchev–Trinajstić information content (AvgIpc) is 2.71. The second-order valence-electron chi connectivity index (χ2n) is 4.26. The first-order valence-electron chi connectivity index (χ1n) is 4.88. The zero-order valence-electron chi connectivity index (χ0n) is 6.97. The fourth-order valence-electron chi connectivity index (χ4n) is 2.57. The van der Waals surface area contributed by atoms with Crippen molar-refractivity contribution in [2.75, 3.05) is 0 Å². The standard InChI is InChI=1S/C10H18/c1-8-4-2-3-5-10(8)9-6-7-9/h8-10H,2-7H2,1H3/t8-,10?/m1/s1. The first-order chi connectivity index (χ1) is 4.88. The highest BCUT2D eigenvalue weighted by Gasteiger charge is 2.35. The van der Waals surface area contributed by atoms with Crippen molar-refractivity contribution in [2.45, 2.75) is 45.4 Å². The van der Waals surface area contributed by atoms with E-state index in [1.165, 1.54) is 19.3 Å². The molecule has 0 heteroatoms. The van der Waals surface area contributed by atoms with E-state index in [1.807, 2.05) is 0 Å². The van der Waals surface area contributed by atoms with Gasteiger partial charge in [-0.15, -0.1) is 0 Å². The molecule has 0 aromatic heterocycles. The van der Waals surface area contributed by atoms with Gasteiger partial charge >= 0.3 is 0 Å². The molecule has 2 fully saturated rings. The lowest BCUT2D eigenvalue weighted by Crippen LogP contribution is -2.18. The lowest BCUT2D eigenvalue weighted by molar-refractivity contribution is 0.228. The second kappa shape index (κ2) is 2.56. The van der Waals surface area contributed by atoms with Gasteiger partial charge < -0.3 is 0 Å². The van der Waals surface area contributed by atoms with E-state index in [4.69, 9.17) is 0 Å². The maximum atomic E-state index is 2.46. The zero-order chi connectivity index (χ0) is 6.97. The van der Waals surface area contributed by atoms with Crippen LogP contribution in [0.15, 0.2) is 0 Å². The predicted molar refractivity (Wildman–Crippen MR) is 43.8 cm³/mol. The van der Waals surface area contributed by atoms with Gasteiger partial charge in [0.2, 0.25) is 0 Å². The van der Waals surface area contributed by atoms with Crippen LogP contribution < -0.4 is 0 Å². The van der Waals surface area contributed by atoms with Gasteiger partial charge in [0.25, 0.3) is 0 Å². The summed E-state index contributed by atoms with van der Waals surface area (Å²) in [7, 11) is 0. The quantitative estimate of drug-likeness (QED) is 0.522. The van der Waals surface area contributed by atoms with E-state index >= 15 is 0 Å². The van der Waals surface area contributed by atoms with Gasteiger partial charge in [-0.1, -0.05) is 26.2 Å². The molecular weight excluding hydrogens is 120 g/mol. The molecule has 0 N–H and O–H groups in total. The molecule has 0 bridgehead atoms. The topological polar surface area (TPSA) is 0 Å². The summed E-state index contributed by atoms with van der Waals surface area (Å²) in [6.07, 6.45) is 9.19. The average molecular weight is 138 g/mol. The molecule has 0 amide bonds. The van der Waals surface area contributed by atoms with Gasteiger partial charge in [0.1, 0.15) is 0 Å². The van der Waals surface area contributed by atoms with Crippen LogP contribution in [0.2, 0.25) is 0 Å². The van der Waals surface area contributed by atoms with E-state index in [2.05, 4.69) is 6.92 Å². The minimum atomic E-state index is 1.06. The molecule has 0 aromatic carbocycles. The monoisotopic (exact) mass is 138 g/mol. The predicted octanol–water partition coefficient (Wildman–Crippen LogP) is 3.22. The maximum absolute atomic E-state index is 2.46. The van der Waals surface area contributed by atoms with Crippen molar-refractivity contribution in [3.05, 3.63) is 0 Å². The molecule has 2 rings (SSSR count). The third kappa shape index (κ3) is 1.21. The minimum Gasteiger partial charge on any atom is -0.0622 e. The van der Waals surface area contributed by atoms with Gasteiger partial charge in [-0.2, -0.15) is 0 Å². The highest BCUT2D eigenvalue weighted by atomic mass is 14.4. The Kier molecular flexibility index (Phi) is 1.71. The summed E-state index contributed by atoms with van der Waals surface area (Å²) in [6, 6.07) is 0. The lowest BCUT2D eigenvalue weighted by atomic mass is 9.78. The van der Waals surface area contributed by atoms with E-state index in [0.29, 0.717) is 0 Å². The molecule has 2 aliphatic rings. The Balaban J connectivity index is 1.90. The van der Waals surface area contributed by atoms with Crippen LogP contribution in [-0.2, 0) is 0 Å². The van der Waals surface area contributed by atoms with Gasteiger partial charge in [0, 0.05) is 0 Å². The normalized spacial score (nSPS) is 41.7. The van der Waals surface area contributed by atoms with Crippen molar-refractivity contribution in [3.63, 3.8) is 0 Å². The molecule has 0 nitrogen and oxygen atoms in total. The summed E-state index contributed by atoms with van der Waals surface area (Å²) in [4.78, 5) is 0. The maximum Gasteiger partial charge on any atom is -0.0360 e. The zero-order valence-corrected chi connectivity index (χ0v) is 6.97. The molecule has 2 aliphatic carbocycles. The van der Waals surface area contributed by atoms with Crippen LogP contribution in [0.1, 0.15) is 45.4 Å². The fourth-order valence-corrected chi connectivity index (χ4v) is 2.57. The molecule has 0 aromatic rings. The van der Waals surface area contributed by atoms with Crippen molar-refractivity contribution < 1.29 is 0 Å². The largest absolute Gasteiger partial charge is 0.0622 e. The van der Waals surface area contributed by atoms with E-state index in [1.54, 1.807) is 19.3 Å². The summed E-state index contributed by atoms with van der Waals surface area (Å²) in [5, 5.41) is 0. The van der Waals surface area contributed by atoms with Crippen molar-refractivity contribution >= 4 is 0 Å². The summed E-state index contributed by atoms with van der Waals surface area (Å²) in [5.41, 5.74) is 0. The minimum absolute atomic E-state index is 1.06. The Morgan fingerprint density at radius 3 is 2.20 bits per heavy atom. The molecule has 2 saturated carbocycles. The Hall–Kier alpha value is 0. The summed E-state index contributed by atoms with van der Waals surface area (Å²) >= 11 is 0. The SMILES string of the molecule is C[C@@H]1CCCCC1C1CC1. The van der Waals surface area contributed by atoms with Gasteiger partial charge in [0.05, 0.1) is 0 Å². The van der Waals surface area contributed by atoms with Crippen LogP contribution in [0.25, 0.3) is 0 Å². The van der Waals surface area contributed by atoms with Gasteiger partial charge in [-0.3, -0.25) is 0 Å². The summed E-state index contributed by atoms with van der Waals surface area (Å²) in [5.74, 6) is 3.35. The Morgan fingerprint density at radius 2 is 1.60 bits per heavy atom. The number of hydrogen-bond donors (Lipinski definition) is 0. The summed E-state index contributed by atoms with van der Waals surface area (Å²) < 4.78 is 0. The Labute approximate surface area is 64.0 Å². The molecule has 0 radical (unpaired) electrons. The van der Waals surface area contributed by atoms with E-state index < -0.39 is 0 Å². The van der Waals surface area contributed by atoms with Crippen LogP contribution in [0, 0.1) is 17.8 Å². The van der Waals surface area contributed by atoms with Crippen molar-refractivity contribution in [1.82, 2.24) is 0 Å². The molecule has 2 atom stereocenters. The summed E-state index contributed by atoms with van der Waals surface area (Å²) in [6.45, 7) is 2.46. The Morgan fingerprint density at radius 1 is 0.900 bits per heavy atom.